The smallest absolute Gasteiger partial charge is 0.342 e. The lowest BCUT2D eigenvalue weighted by atomic mass is 10.1. The summed E-state index contributed by atoms with van der Waals surface area (Å²) >= 11 is 0. The van der Waals surface area contributed by atoms with Gasteiger partial charge in [0.05, 0.1) is 14.2 Å². The first-order valence-corrected chi connectivity index (χ1v) is 8.09. The lowest BCUT2D eigenvalue weighted by Crippen LogP contribution is -2.24. The molecule has 1 N–H and O–H groups in total. The number of nitrogens with one attached hydrogen (secondary N) is 1. The van der Waals surface area contributed by atoms with Crippen LogP contribution in [0.4, 0.5) is 0 Å². The number of para-hydroxylation sites is 2. The van der Waals surface area contributed by atoms with E-state index in [0.717, 1.165) is 10.9 Å². The summed E-state index contributed by atoms with van der Waals surface area (Å²) in [5, 5.41) is 0.791. The lowest BCUT2D eigenvalue weighted by molar-refractivity contribution is 0.0316. The Morgan fingerprint density at radius 3 is 2.46 bits per heavy atom. The number of hydrogen-bond acceptors (Lipinski definition) is 5. The van der Waals surface area contributed by atoms with E-state index in [1.54, 1.807) is 31.3 Å². The number of carbonyl (C=O) groups is 2. The number of carbonyl (C=O) groups excluding carboxylic acids is 2. The van der Waals surface area contributed by atoms with E-state index in [4.69, 9.17) is 14.2 Å². The third-order valence-electron chi connectivity index (χ3n) is 4.13. The Balaban J connectivity index is 1.83. The van der Waals surface area contributed by atoms with Gasteiger partial charge in [0, 0.05) is 22.7 Å². The molecule has 0 aliphatic rings. The second kappa shape index (κ2) is 7.31. The van der Waals surface area contributed by atoms with Gasteiger partial charge in [-0.15, -0.1) is 0 Å². The minimum Gasteiger partial charge on any atom is -0.493 e. The van der Waals surface area contributed by atoms with Crippen LogP contribution in [-0.2, 0) is 4.74 Å². The zero-order valence-corrected chi connectivity index (χ0v) is 14.7. The number of H-pyrrole nitrogens is 1. The van der Waals surface area contributed by atoms with Crippen molar-refractivity contribution in [1.29, 1.82) is 0 Å². The zero-order chi connectivity index (χ0) is 18.7. The maximum absolute atomic E-state index is 12.7. The molecule has 0 aliphatic heterocycles. The molecule has 0 saturated heterocycles. The number of ether oxygens (including phenoxy) is 3. The number of benzene rings is 2. The van der Waals surface area contributed by atoms with Crippen LogP contribution in [0.25, 0.3) is 10.9 Å². The Morgan fingerprint density at radius 1 is 0.962 bits per heavy atom. The van der Waals surface area contributed by atoms with Gasteiger partial charge in [-0.1, -0.05) is 24.3 Å². The number of ketones is 1. The largest absolute Gasteiger partial charge is 0.493 e. The van der Waals surface area contributed by atoms with Crippen molar-refractivity contribution in [3.05, 3.63) is 59.8 Å². The SMILES string of the molecule is COc1cccc(C(=O)O[C@H](C)C(=O)c2c[nH]c3ccccc23)c1OC. The van der Waals surface area contributed by atoms with Gasteiger partial charge in [-0.05, 0) is 25.1 Å². The van der Waals surface area contributed by atoms with Crippen molar-refractivity contribution < 1.29 is 23.8 Å². The summed E-state index contributed by atoms with van der Waals surface area (Å²) in [7, 11) is 2.92. The molecule has 26 heavy (non-hydrogen) atoms. The summed E-state index contributed by atoms with van der Waals surface area (Å²) in [6.45, 7) is 1.55. The number of Topliss-reactive ketones (excluding diaryl/α,β-unsaturated/α-hetero) is 1. The van der Waals surface area contributed by atoms with Gasteiger partial charge in [0.15, 0.2) is 17.6 Å². The van der Waals surface area contributed by atoms with E-state index in [1.807, 2.05) is 24.3 Å². The van der Waals surface area contributed by atoms with Crippen molar-refractivity contribution in [1.82, 2.24) is 4.98 Å². The van der Waals surface area contributed by atoms with Crippen LogP contribution in [0.15, 0.2) is 48.7 Å². The van der Waals surface area contributed by atoms with E-state index in [1.165, 1.54) is 14.2 Å². The molecule has 6 nitrogen and oxygen atoms in total. The third-order valence-corrected chi connectivity index (χ3v) is 4.13. The molecule has 1 atom stereocenters. The van der Waals surface area contributed by atoms with Gasteiger partial charge in [0.2, 0.25) is 5.78 Å². The molecule has 0 bridgehead atoms. The minimum absolute atomic E-state index is 0.199. The van der Waals surface area contributed by atoms with Gasteiger partial charge >= 0.3 is 5.97 Å². The molecule has 2 aromatic carbocycles. The van der Waals surface area contributed by atoms with Gasteiger partial charge in [-0.25, -0.2) is 4.79 Å². The summed E-state index contributed by atoms with van der Waals surface area (Å²) in [6, 6.07) is 12.4. The second-order valence-electron chi connectivity index (χ2n) is 5.70. The molecule has 0 saturated carbocycles. The van der Waals surface area contributed by atoms with E-state index in [-0.39, 0.29) is 17.1 Å². The lowest BCUT2D eigenvalue weighted by Gasteiger charge is -2.15. The van der Waals surface area contributed by atoms with E-state index in [0.29, 0.717) is 11.3 Å². The number of esters is 1. The molecule has 1 heterocycles. The maximum Gasteiger partial charge on any atom is 0.342 e. The fourth-order valence-electron chi connectivity index (χ4n) is 2.82. The standard InChI is InChI=1S/C20H19NO5/c1-12(18(22)15-11-21-16-9-5-4-7-13(15)16)26-20(23)14-8-6-10-17(24-2)19(14)25-3/h4-12,21H,1-3H3/t12-/m1/s1. The highest BCUT2D eigenvalue weighted by Crippen LogP contribution is 2.31. The highest BCUT2D eigenvalue weighted by molar-refractivity contribution is 6.10. The molecule has 0 fully saturated rings. The first kappa shape index (κ1) is 17.5. The first-order valence-electron chi connectivity index (χ1n) is 8.09. The molecule has 0 amide bonds. The molecule has 0 aliphatic carbocycles. The van der Waals surface area contributed by atoms with Crippen molar-refractivity contribution in [2.75, 3.05) is 14.2 Å². The molecular formula is C20H19NO5. The van der Waals surface area contributed by atoms with Crippen LogP contribution in [-0.4, -0.2) is 37.1 Å². The van der Waals surface area contributed by atoms with Crippen molar-refractivity contribution in [2.45, 2.75) is 13.0 Å². The van der Waals surface area contributed by atoms with Gasteiger partial charge in [0.1, 0.15) is 5.56 Å². The van der Waals surface area contributed by atoms with Crippen LogP contribution in [0, 0.1) is 0 Å². The molecular weight excluding hydrogens is 334 g/mol. The van der Waals surface area contributed by atoms with Gasteiger partial charge in [-0.2, -0.15) is 0 Å². The summed E-state index contributed by atoms with van der Waals surface area (Å²) < 4.78 is 15.8. The molecule has 0 unspecified atom stereocenters. The highest BCUT2D eigenvalue weighted by Gasteiger charge is 2.25. The molecule has 6 heteroatoms. The number of fused-ring (bicyclic) bond motifs is 1. The van der Waals surface area contributed by atoms with Crippen LogP contribution in [0.1, 0.15) is 27.6 Å². The Hall–Kier alpha value is -3.28. The minimum atomic E-state index is -0.947. The van der Waals surface area contributed by atoms with Gasteiger partial charge in [0.25, 0.3) is 0 Å². The average Bonchev–Trinajstić information content (AvgIpc) is 3.10. The molecule has 3 rings (SSSR count). The highest BCUT2D eigenvalue weighted by atomic mass is 16.6. The van der Waals surface area contributed by atoms with E-state index >= 15 is 0 Å². The van der Waals surface area contributed by atoms with E-state index in [9.17, 15) is 9.59 Å². The monoisotopic (exact) mass is 353 g/mol. The topological polar surface area (TPSA) is 77.6 Å². The number of aromatic nitrogens is 1. The molecule has 1 aromatic heterocycles. The van der Waals surface area contributed by atoms with Crippen molar-refractivity contribution in [3.8, 4) is 11.5 Å². The van der Waals surface area contributed by atoms with Crippen LogP contribution in [0.5, 0.6) is 11.5 Å². The Kier molecular flexibility index (Phi) is 4.93. The molecule has 3 aromatic rings. The van der Waals surface area contributed by atoms with Gasteiger partial charge < -0.3 is 19.2 Å². The Bertz CT molecular complexity index is 960. The number of hydrogen-bond donors (Lipinski definition) is 1. The normalized spacial score (nSPS) is 11.8. The van der Waals surface area contributed by atoms with E-state index < -0.39 is 12.1 Å². The average molecular weight is 353 g/mol. The van der Waals surface area contributed by atoms with Crippen LogP contribution in [0.2, 0.25) is 0 Å². The fourth-order valence-corrected chi connectivity index (χ4v) is 2.82. The maximum atomic E-state index is 12.7. The number of methoxy groups -OCH3 is 2. The Labute approximate surface area is 150 Å². The van der Waals surface area contributed by atoms with Crippen molar-refractivity contribution in [3.63, 3.8) is 0 Å². The summed E-state index contributed by atoms with van der Waals surface area (Å²) in [6.07, 6.45) is 0.682. The first-order chi connectivity index (χ1) is 12.6. The predicted molar refractivity (Wildman–Crippen MR) is 97.1 cm³/mol. The third kappa shape index (κ3) is 3.13. The summed E-state index contributed by atoms with van der Waals surface area (Å²) in [4.78, 5) is 28.3. The van der Waals surface area contributed by atoms with Crippen molar-refractivity contribution in [2.24, 2.45) is 0 Å². The quantitative estimate of drug-likeness (QED) is 0.541. The molecule has 0 spiro atoms. The summed E-state index contributed by atoms with van der Waals surface area (Å²) in [5.41, 5.74) is 1.53. The van der Waals surface area contributed by atoms with Crippen LogP contribution >= 0.6 is 0 Å². The Morgan fingerprint density at radius 2 is 1.73 bits per heavy atom. The number of aromatic amines is 1. The van der Waals surface area contributed by atoms with Gasteiger partial charge in [-0.3, -0.25) is 4.79 Å². The zero-order valence-electron chi connectivity index (χ0n) is 14.7. The summed E-state index contributed by atoms with van der Waals surface area (Å²) in [5.74, 6) is -0.247. The van der Waals surface area contributed by atoms with Crippen molar-refractivity contribution >= 4 is 22.7 Å². The predicted octanol–water partition coefficient (Wildman–Crippen LogP) is 3.61. The van der Waals surface area contributed by atoms with Crippen LogP contribution in [0.3, 0.4) is 0 Å². The molecule has 134 valence electrons. The fraction of sp³-hybridized carbons (Fsp3) is 0.200. The van der Waals surface area contributed by atoms with E-state index in [2.05, 4.69) is 4.98 Å². The molecule has 0 radical (unpaired) electrons. The number of rotatable bonds is 6. The second-order valence-corrected chi connectivity index (χ2v) is 5.70. The van der Waals surface area contributed by atoms with Crippen LogP contribution < -0.4 is 9.47 Å².